The molecule has 1 heterocycles. The lowest BCUT2D eigenvalue weighted by Gasteiger charge is -2.06. The van der Waals surface area contributed by atoms with Gasteiger partial charge in [-0.2, -0.15) is 0 Å². The van der Waals surface area contributed by atoms with Gasteiger partial charge in [-0.3, -0.25) is 4.79 Å². The molecular formula is C11H12O3. The lowest BCUT2D eigenvalue weighted by atomic mass is 10.2. The topological polar surface area (TPSA) is 35.5 Å². The first-order valence-electron chi connectivity index (χ1n) is 4.64. The normalized spacial score (nSPS) is 19.9. The van der Waals surface area contributed by atoms with Crippen LogP contribution in [0.1, 0.15) is 17.3 Å². The Morgan fingerprint density at radius 2 is 2.00 bits per heavy atom. The molecular weight excluding hydrogens is 180 g/mol. The fourth-order valence-corrected chi connectivity index (χ4v) is 1.34. The van der Waals surface area contributed by atoms with Crippen LogP contribution in [0.5, 0.6) is 11.5 Å². The molecule has 0 aliphatic carbocycles. The molecule has 1 aromatic carbocycles. The van der Waals surface area contributed by atoms with Crippen molar-refractivity contribution in [3.8, 4) is 11.5 Å². The largest absolute Gasteiger partial charge is 0.489 e. The van der Waals surface area contributed by atoms with E-state index in [-0.39, 0.29) is 0 Å². The summed E-state index contributed by atoms with van der Waals surface area (Å²) in [5, 5.41) is 0. The Morgan fingerprint density at radius 1 is 1.29 bits per heavy atom. The highest BCUT2D eigenvalue weighted by Gasteiger charge is 2.14. The Balaban J connectivity index is 2.31. The van der Waals surface area contributed by atoms with Crippen molar-refractivity contribution in [2.45, 2.75) is 6.92 Å². The molecule has 0 bridgehead atoms. The number of ether oxygens (including phenoxy) is 2. The first kappa shape index (κ1) is 9.06. The predicted octanol–water partition coefficient (Wildman–Crippen LogP) is 1.91. The number of hydrogen-bond donors (Lipinski definition) is 0. The number of benzene rings is 1. The van der Waals surface area contributed by atoms with Crippen LogP contribution in [0.4, 0.5) is 0 Å². The summed E-state index contributed by atoms with van der Waals surface area (Å²) in [6, 6.07) is 5.21. The summed E-state index contributed by atoms with van der Waals surface area (Å²) < 4.78 is 11.0. The molecule has 3 nitrogen and oxygen atoms in total. The molecule has 0 saturated carbocycles. The summed E-state index contributed by atoms with van der Waals surface area (Å²) in [6.07, 6.45) is 0.804. The first-order chi connectivity index (χ1) is 6.79. The number of carbonyl (C=O) groups excluding carboxylic acids is 1. The van der Waals surface area contributed by atoms with E-state index in [0.29, 0.717) is 30.4 Å². The number of rotatable bonds is 1. The zero-order valence-corrected chi connectivity index (χ0v) is 8.03. The van der Waals surface area contributed by atoms with Crippen LogP contribution in [-0.2, 0) is 0 Å². The van der Waals surface area contributed by atoms with Crippen molar-refractivity contribution in [2.24, 2.45) is 5.92 Å². The third-order valence-electron chi connectivity index (χ3n) is 2.15. The van der Waals surface area contributed by atoms with Gasteiger partial charge in [0.2, 0.25) is 0 Å². The summed E-state index contributed by atoms with van der Waals surface area (Å²) in [7, 11) is 0. The van der Waals surface area contributed by atoms with E-state index in [1.165, 1.54) is 0 Å². The van der Waals surface area contributed by atoms with Crippen molar-refractivity contribution < 1.29 is 14.3 Å². The SMILES string of the molecule is CC1COc2ccc(C=O)cc2OC1. The number of hydrogen-bond acceptors (Lipinski definition) is 3. The van der Waals surface area contributed by atoms with E-state index in [0.717, 1.165) is 12.0 Å². The highest BCUT2D eigenvalue weighted by atomic mass is 16.5. The van der Waals surface area contributed by atoms with Crippen molar-refractivity contribution in [1.82, 2.24) is 0 Å². The standard InChI is InChI=1S/C11H12O3/c1-8-6-13-10-3-2-9(5-12)4-11(10)14-7-8/h2-5,8H,6-7H2,1H3. The molecule has 0 amide bonds. The molecule has 1 unspecified atom stereocenters. The molecule has 1 aliphatic rings. The van der Waals surface area contributed by atoms with E-state index < -0.39 is 0 Å². The van der Waals surface area contributed by atoms with Crippen LogP contribution in [0.3, 0.4) is 0 Å². The smallest absolute Gasteiger partial charge is 0.161 e. The maximum Gasteiger partial charge on any atom is 0.161 e. The molecule has 0 fully saturated rings. The maximum atomic E-state index is 10.5. The second-order valence-electron chi connectivity index (χ2n) is 3.55. The highest BCUT2D eigenvalue weighted by molar-refractivity contribution is 5.76. The monoisotopic (exact) mass is 192 g/mol. The second-order valence-corrected chi connectivity index (χ2v) is 3.55. The molecule has 0 spiro atoms. The molecule has 14 heavy (non-hydrogen) atoms. The minimum atomic E-state index is 0.377. The van der Waals surface area contributed by atoms with Crippen LogP contribution in [0.2, 0.25) is 0 Å². The van der Waals surface area contributed by atoms with Crippen molar-refractivity contribution in [1.29, 1.82) is 0 Å². The fraction of sp³-hybridized carbons (Fsp3) is 0.364. The number of aldehydes is 1. The van der Waals surface area contributed by atoms with Crippen molar-refractivity contribution in [2.75, 3.05) is 13.2 Å². The average Bonchev–Trinajstić information content (AvgIpc) is 2.40. The molecule has 1 aromatic rings. The van der Waals surface area contributed by atoms with Gasteiger partial charge in [-0.15, -0.1) is 0 Å². The fourth-order valence-electron chi connectivity index (χ4n) is 1.34. The Labute approximate surface area is 82.6 Å². The molecule has 1 atom stereocenters. The number of fused-ring (bicyclic) bond motifs is 1. The van der Waals surface area contributed by atoms with Gasteiger partial charge < -0.3 is 9.47 Å². The Hall–Kier alpha value is -1.51. The molecule has 3 heteroatoms. The molecule has 74 valence electrons. The van der Waals surface area contributed by atoms with Crippen LogP contribution >= 0.6 is 0 Å². The van der Waals surface area contributed by atoms with E-state index >= 15 is 0 Å². The molecule has 0 N–H and O–H groups in total. The van der Waals surface area contributed by atoms with Crippen molar-refractivity contribution in [3.63, 3.8) is 0 Å². The van der Waals surface area contributed by atoms with Crippen LogP contribution in [0.15, 0.2) is 18.2 Å². The number of carbonyl (C=O) groups is 1. The van der Waals surface area contributed by atoms with Gasteiger partial charge in [0.15, 0.2) is 11.5 Å². The zero-order chi connectivity index (χ0) is 9.97. The van der Waals surface area contributed by atoms with Gasteiger partial charge >= 0.3 is 0 Å². The van der Waals surface area contributed by atoms with Gasteiger partial charge in [-0.1, -0.05) is 6.92 Å². The van der Waals surface area contributed by atoms with Crippen LogP contribution in [0, 0.1) is 5.92 Å². The minimum Gasteiger partial charge on any atom is -0.489 e. The van der Waals surface area contributed by atoms with E-state index in [4.69, 9.17) is 9.47 Å². The zero-order valence-electron chi connectivity index (χ0n) is 8.03. The maximum absolute atomic E-state index is 10.5. The first-order valence-corrected chi connectivity index (χ1v) is 4.64. The molecule has 1 aliphatic heterocycles. The third kappa shape index (κ3) is 1.71. The Bertz CT molecular complexity index is 346. The molecule has 2 rings (SSSR count). The second kappa shape index (κ2) is 3.70. The average molecular weight is 192 g/mol. The van der Waals surface area contributed by atoms with Gasteiger partial charge in [0.25, 0.3) is 0 Å². The van der Waals surface area contributed by atoms with Gasteiger partial charge in [-0.05, 0) is 18.2 Å². The summed E-state index contributed by atoms with van der Waals surface area (Å²) in [6.45, 7) is 3.36. The molecule has 0 radical (unpaired) electrons. The lowest BCUT2D eigenvalue weighted by molar-refractivity contribution is 0.112. The Morgan fingerprint density at radius 3 is 2.71 bits per heavy atom. The Kier molecular flexibility index (Phi) is 2.39. The van der Waals surface area contributed by atoms with E-state index in [9.17, 15) is 4.79 Å². The summed E-state index contributed by atoms with van der Waals surface area (Å²) in [4.78, 5) is 10.5. The lowest BCUT2D eigenvalue weighted by Crippen LogP contribution is -2.12. The summed E-state index contributed by atoms with van der Waals surface area (Å²) >= 11 is 0. The predicted molar refractivity (Wildman–Crippen MR) is 52.0 cm³/mol. The van der Waals surface area contributed by atoms with Crippen LogP contribution in [-0.4, -0.2) is 19.5 Å². The van der Waals surface area contributed by atoms with Gasteiger partial charge in [0.05, 0.1) is 13.2 Å². The summed E-state index contributed by atoms with van der Waals surface area (Å²) in [5.74, 6) is 1.76. The third-order valence-corrected chi connectivity index (χ3v) is 2.15. The minimum absolute atomic E-state index is 0.377. The molecule has 0 saturated heterocycles. The van der Waals surface area contributed by atoms with Crippen molar-refractivity contribution in [3.05, 3.63) is 23.8 Å². The van der Waals surface area contributed by atoms with Gasteiger partial charge in [0.1, 0.15) is 6.29 Å². The highest BCUT2D eigenvalue weighted by Crippen LogP contribution is 2.30. The van der Waals surface area contributed by atoms with Crippen molar-refractivity contribution >= 4 is 6.29 Å². The van der Waals surface area contributed by atoms with Crippen LogP contribution < -0.4 is 9.47 Å². The van der Waals surface area contributed by atoms with E-state index in [2.05, 4.69) is 6.92 Å². The quantitative estimate of drug-likeness (QED) is 0.637. The van der Waals surface area contributed by atoms with E-state index in [1.807, 2.05) is 0 Å². The summed E-state index contributed by atoms with van der Waals surface area (Å²) in [5.41, 5.74) is 0.613. The van der Waals surface area contributed by atoms with E-state index in [1.54, 1.807) is 18.2 Å². The molecule has 0 aromatic heterocycles. The van der Waals surface area contributed by atoms with Gasteiger partial charge in [0, 0.05) is 11.5 Å². The van der Waals surface area contributed by atoms with Gasteiger partial charge in [-0.25, -0.2) is 0 Å². The van der Waals surface area contributed by atoms with Crippen LogP contribution in [0.25, 0.3) is 0 Å².